The van der Waals surface area contributed by atoms with E-state index in [-0.39, 0.29) is 16.9 Å². The maximum atomic E-state index is 11.5. The van der Waals surface area contributed by atoms with E-state index in [1.165, 1.54) is 25.1 Å². The molecule has 0 aliphatic carbocycles. The van der Waals surface area contributed by atoms with E-state index < -0.39 is 18.4 Å². The second-order valence-electron chi connectivity index (χ2n) is 3.05. The van der Waals surface area contributed by atoms with Crippen LogP contribution in [0.1, 0.15) is 22.8 Å². The van der Waals surface area contributed by atoms with Gasteiger partial charge in [-0.1, -0.05) is 0 Å². The van der Waals surface area contributed by atoms with Crippen LogP contribution >= 0.6 is 0 Å². The number of carbonyl (C=O) groups is 2. The van der Waals surface area contributed by atoms with Gasteiger partial charge in [-0.25, -0.2) is 0 Å². The van der Waals surface area contributed by atoms with Crippen LogP contribution in [0.3, 0.4) is 0 Å². The Morgan fingerprint density at radius 1 is 1.50 bits per heavy atom. The van der Waals surface area contributed by atoms with Crippen molar-refractivity contribution in [2.75, 3.05) is 6.61 Å². The van der Waals surface area contributed by atoms with Crippen LogP contribution in [0, 0.1) is 11.3 Å². The molecule has 16 heavy (non-hydrogen) atoms. The molecule has 0 aromatic heterocycles. The van der Waals surface area contributed by atoms with E-state index in [0.29, 0.717) is 0 Å². The number of phenols is 1. The predicted molar refractivity (Wildman–Crippen MR) is 53.8 cm³/mol. The summed E-state index contributed by atoms with van der Waals surface area (Å²) in [4.78, 5) is 22.0. The van der Waals surface area contributed by atoms with Crippen LogP contribution in [0.2, 0.25) is 0 Å². The Morgan fingerprint density at radius 3 is 2.75 bits per heavy atom. The van der Waals surface area contributed by atoms with Gasteiger partial charge in [0.2, 0.25) is 5.78 Å². The van der Waals surface area contributed by atoms with Crippen LogP contribution < -0.4 is 0 Å². The number of benzene rings is 1. The van der Waals surface area contributed by atoms with E-state index in [1.54, 1.807) is 6.07 Å². The summed E-state index contributed by atoms with van der Waals surface area (Å²) in [5.74, 6) is -1.14. The zero-order valence-electron chi connectivity index (χ0n) is 8.56. The maximum absolute atomic E-state index is 11.5. The fourth-order valence-corrected chi connectivity index (χ4v) is 1.11. The standard InChI is InChI=1S/C11H9NO4/c1-7(13)16-6-11(15)10-3-2-9(14)4-8(10)5-12/h2-4,14H,6H2,1H3. The number of phenolic OH excluding ortho intramolecular Hbond substituents is 1. The lowest BCUT2D eigenvalue weighted by atomic mass is 10.0. The van der Waals surface area contributed by atoms with Gasteiger partial charge in [0, 0.05) is 12.5 Å². The highest BCUT2D eigenvalue weighted by Gasteiger charge is 2.13. The third kappa shape index (κ3) is 2.82. The topological polar surface area (TPSA) is 87.4 Å². The first-order chi connectivity index (χ1) is 7.54. The largest absolute Gasteiger partial charge is 0.508 e. The average Bonchev–Trinajstić information content (AvgIpc) is 2.25. The number of nitriles is 1. The van der Waals surface area contributed by atoms with Crippen molar-refractivity contribution >= 4 is 11.8 Å². The number of nitrogens with zero attached hydrogens (tertiary/aromatic N) is 1. The van der Waals surface area contributed by atoms with E-state index in [0.717, 1.165) is 0 Å². The molecular formula is C11H9NO4. The molecule has 5 nitrogen and oxygen atoms in total. The van der Waals surface area contributed by atoms with Gasteiger partial charge >= 0.3 is 5.97 Å². The fraction of sp³-hybridized carbons (Fsp3) is 0.182. The number of rotatable bonds is 3. The zero-order valence-corrected chi connectivity index (χ0v) is 8.56. The number of carbonyl (C=O) groups excluding carboxylic acids is 2. The molecule has 0 heterocycles. The van der Waals surface area contributed by atoms with Crippen molar-refractivity contribution in [3.05, 3.63) is 29.3 Å². The van der Waals surface area contributed by atoms with Gasteiger partial charge in [-0.05, 0) is 18.2 Å². The molecule has 0 aliphatic rings. The molecule has 0 saturated carbocycles. The predicted octanol–water partition coefficient (Wildman–Crippen LogP) is 1.01. The molecule has 0 radical (unpaired) electrons. The van der Waals surface area contributed by atoms with Crippen LogP contribution in [0.15, 0.2) is 18.2 Å². The molecule has 1 aromatic rings. The Balaban J connectivity index is 2.92. The second kappa shape index (κ2) is 4.94. The molecule has 1 rings (SSSR count). The lowest BCUT2D eigenvalue weighted by Gasteiger charge is -2.03. The fourth-order valence-electron chi connectivity index (χ4n) is 1.11. The summed E-state index contributed by atoms with van der Waals surface area (Å²) in [5.41, 5.74) is 0.179. The Labute approximate surface area is 91.9 Å². The van der Waals surface area contributed by atoms with E-state index in [9.17, 15) is 9.59 Å². The molecule has 0 fully saturated rings. The van der Waals surface area contributed by atoms with Crippen LogP contribution in [0.25, 0.3) is 0 Å². The first-order valence-corrected chi connectivity index (χ1v) is 4.44. The molecule has 0 amide bonds. The number of ketones is 1. The minimum atomic E-state index is -0.564. The number of esters is 1. The third-order valence-corrected chi connectivity index (χ3v) is 1.83. The lowest BCUT2D eigenvalue weighted by molar-refractivity contribution is -0.139. The van der Waals surface area contributed by atoms with Gasteiger partial charge < -0.3 is 9.84 Å². The van der Waals surface area contributed by atoms with Crippen molar-refractivity contribution in [3.63, 3.8) is 0 Å². The molecule has 0 atom stereocenters. The first kappa shape index (κ1) is 11.7. The number of hydrogen-bond acceptors (Lipinski definition) is 5. The summed E-state index contributed by atoms with van der Waals surface area (Å²) in [6.45, 7) is 0.782. The molecule has 82 valence electrons. The molecule has 0 saturated heterocycles. The van der Waals surface area contributed by atoms with Crippen LogP contribution in [0.4, 0.5) is 0 Å². The summed E-state index contributed by atoms with van der Waals surface area (Å²) < 4.78 is 4.53. The Kier molecular flexibility index (Phi) is 3.62. The number of ether oxygens (including phenoxy) is 1. The molecule has 1 N–H and O–H groups in total. The summed E-state index contributed by atoms with van der Waals surface area (Å²) in [7, 11) is 0. The SMILES string of the molecule is CC(=O)OCC(=O)c1ccc(O)cc1C#N. The molecule has 5 heteroatoms. The van der Waals surface area contributed by atoms with Gasteiger partial charge in [0.1, 0.15) is 11.8 Å². The minimum absolute atomic E-state index is 0.0529. The highest BCUT2D eigenvalue weighted by Crippen LogP contribution is 2.16. The lowest BCUT2D eigenvalue weighted by Crippen LogP contribution is -2.13. The van der Waals surface area contributed by atoms with E-state index in [4.69, 9.17) is 10.4 Å². The van der Waals surface area contributed by atoms with E-state index >= 15 is 0 Å². The van der Waals surface area contributed by atoms with Crippen molar-refractivity contribution in [1.82, 2.24) is 0 Å². The summed E-state index contributed by atoms with van der Waals surface area (Å²) >= 11 is 0. The monoisotopic (exact) mass is 219 g/mol. The first-order valence-electron chi connectivity index (χ1n) is 4.44. The Bertz CT molecular complexity index is 473. The van der Waals surface area contributed by atoms with Gasteiger partial charge in [-0.15, -0.1) is 0 Å². The van der Waals surface area contributed by atoms with Crippen molar-refractivity contribution in [1.29, 1.82) is 5.26 Å². The average molecular weight is 219 g/mol. The van der Waals surface area contributed by atoms with Crippen LogP contribution in [-0.4, -0.2) is 23.5 Å². The van der Waals surface area contributed by atoms with E-state index in [2.05, 4.69) is 4.74 Å². The zero-order chi connectivity index (χ0) is 12.1. The number of Topliss-reactive ketones (excluding diaryl/α,β-unsaturated/α-hetero) is 1. The van der Waals surface area contributed by atoms with Crippen molar-refractivity contribution in [3.8, 4) is 11.8 Å². The quantitative estimate of drug-likeness (QED) is 0.605. The second-order valence-corrected chi connectivity index (χ2v) is 3.05. The molecule has 0 spiro atoms. The molecule has 0 aliphatic heterocycles. The molecule has 0 bridgehead atoms. The highest BCUT2D eigenvalue weighted by molar-refractivity contribution is 6.00. The van der Waals surface area contributed by atoms with Gasteiger partial charge in [-0.3, -0.25) is 9.59 Å². The Morgan fingerprint density at radius 2 is 2.19 bits per heavy atom. The van der Waals surface area contributed by atoms with Gasteiger partial charge in [0.05, 0.1) is 5.56 Å². The van der Waals surface area contributed by atoms with Crippen molar-refractivity contribution < 1.29 is 19.4 Å². The minimum Gasteiger partial charge on any atom is -0.508 e. The highest BCUT2D eigenvalue weighted by atomic mass is 16.5. The van der Waals surface area contributed by atoms with Gasteiger partial charge in [0.15, 0.2) is 6.61 Å². The molecule has 0 unspecified atom stereocenters. The Hall–Kier alpha value is -2.35. The third-order valence-electron chi connectivity index (χ3n) is 1.83. The number of aromatic hydroxyl groups is 1. The summed E-state index contributed by atoms with van der Waals surface area (Å²) in [5, 5.41) is 17.9. The normalized spacial score (nSPS) is 9.25. The van der Waals surface area contributed by atoms with Gasteiger partial charge in [0.25, 0.3) is 0 Å². The smallest absolute Gasteiger partial charge is 0.303 e. The summed E-state index contributed by atoms with van der Waals surface area (Å²) in [6.07, 6.45) is 0. The van der Waals surface area contributed by atoms with Crippen molar-refractivity contribution in [2.45, 2.75) is 6.92 Å². The van der Waals surface area contributed by atoms with Crippen molar-refractivity contribution in [2.24, 2.45) is 0 Å². The van der Waals surface area contributed by atoms with Gasteiger partial charge in [-0.2, -0.15) is 5.26 Å². The molecule has 1 aromatic carbocycles. The van der Waals surface area contributed by atoms with Crippen LogP contribution in [0.5, 0.6) is 5.75 Å². The molecular weight excluding hydrogens is 210 g/mol. The summed E-state index contributed by atoms with van der Waals surface area (Å²) in [6, 6.07) is 5.58. The number of hydrogen-bond donors (Lipinski definition) is 1. The van der Waals surface area contributed by atoms with Crippen LogP contribution in [-0.2, 0) is 9.53 Å². The maximum Gasteiger partial charge on any atom is 0.303 e. The van der Waals surface area contributed by atoms with E-state index in [1.807, 2.05) is 0 Å².